The number of fused-ring (bicyclic) bond motifs is 3. The molecule has 3 fully saturated rings. The topological polar surface area (TPSA) is 23.8 Å². The molecule has 0 N–H and O–H groups in total. The molecule has 0 aromatic carbocycles. The summed E-state index contributed by atoms with van der Waals surface area (Å²) in [6, 6.07) is 2.42. The maximum atomic E-state index is 8.87. The van der Waals surface area contributed by atoms with Crippen molar-refractivity contribution in [2.45, 2.75) is 39.0 Å². The zero-order valence-electron chi connectivity index (χ0n) is 7.79. The van der Waals surface area contributed by atoms with Gasteiger partial charge < -0.3 is 0 Å². The molecule has 2 unspecified atom stereocenters. The van der Waals surface area contributed by atoms with Crippen molar-refractivity contribution in [3.8, 4) is 6.07 Å². The van der Waals surface area contributed by atoms with Crippen molar-refractivity contribution in [3.05, 3.63) is 0 Å². The van der Waals surface area contributed by atoms with Crippen LogP contribution in [0.5, 0.6) is 0 Å². The first kappa shape index (κ1) is 8.10. The highest BCUT2D eigenvalue weighted by Crippen LogP contribution is 2.47. The van der Waals surface area contributed by atoms with E-state index in [1.54, 1.807) is 0 Å². The van der Waals surface area contributed by atoms with Crippen molar-refractivity contribution in [2.75, 3.05) is 0 Å². The minimum atomic E-state index is 0.304. The molecule has 0 heterocycles. The quantitative estimate of drug-likeness (QED) is 0.583. The Bertz CT molecular complexity index is 196. The molecule has 2 atom stereocenters. The fourth-order valence-electron chi connectivity index (χ4n) is 3.14. The van der Waals surface area contributed by atoms with Crippen LogP contribution < -0.4 is 0 Å². The Morgan fingerprint density at radius 1 is 1.25 bits per heavy atom. The van der Waals surface area contributed by atoms with E-state index in [2.05, 4.69) is 13.0 Å². The van der Waals surface area contributed by atoms with E-state index in [4.69, 9.17) is 5.26 Å². The third-order valence-electron chi connectivity index (χ3n) is 3.95. The summed E-state index contributed by atoms with van der Waals surface area (Å²) in [5.74, 6) is 2.90. The van der Waals surface area contributed by atoms with Crippen molar-refractivity contribution >= 4 is 0 Å². The highest BCUT2D eigenvalue weighted by atomic mass is 14.4. The van der Waals surface area contributed by atoms with Crippen molar-refractivity contribution in [1.82, 2.24) is 0 Å². The Kier molecular flexibility index (Phi) is 2.09. The first-order valence-electron chi connectivity index (χ1n) is 5.21. The monoisotopic (exact) mass is 163 g/mol. The summed E-state index contributed by atoms with van der Waals surface area (Å²) in [7, 11) is 0. The summed E-state index contributed by atoms with van der Waals surface area (Å²) in [6.45, 7) is 2.10. The van der Waals surface area contributed by atoms with Gasteiger partial charge in [0.1, 0.15) is 0 Å². The third kappa shape index (κ3) is 1.24. The minimum Gasteiger partial charge on any atom is -0.198 e. The van der Waals surface area contributed by atoms with Gasteiger partial charge in [-0.25, -0.2) is 0 Å². The summed E-state index contributed by atoms with van der Waals surface area (Å²) in [4.78, 5) is 0. The molecule has 66 valence electrons. The average Bonchev–Trinajstić information content (AvgIpc) is 2.18. The van der Waals surface area contributed by atoms with Crippen molar-refractivity contribution in [1.29, 1.82) is 5.26 Å². The lowest BCUT2D eigenvalue weighted by atomic mass is 9.61. The van der Waals surface area contributed by atoms with Gasteiger partial charge in [-0.15, -0.1) is 0 Å². The first-order chi connectivity index (χ1) is 5.81. The second-order valence-electron chi connectivity index (χ2n) is 4.60. The molecule has 0 aromatic rings. The molecule has 0 radical (unpaired) electrons. The van der Waals surface area contributed by atoms with Crippen LogP contribution in [0.2, 0.25) is 0 Å². The second kappa shape index (κ2) is 3.09. The average molecular weight is 163 g/mol. The predicted octanol–water partition coefficient (Wildman–Crippen LogP) is 2.97. The second-order valence-corrected chi connectivity index (χ2v) is 4.60. The molecule has 0 spiro atoms. The van der Waals surface area contributed by atoms with E-state index in [-0.39, 0.29) is 0 Å². The van der Waals surface area contributed by atoms with E-state index in [0.29, 0.717) is 5.92 Å². The zero-order valence-corrected chi connectivity index (χ0v) is 7.79. The molecule has 0 aliphatic heterocycles. The number of nitriles is 1. The molecule has 0 aromatic heterocycles. The van der Waals surface area contributed by atoms with E-state index < -0.39 is 0 Å². The highest BCUT2D eigenvalue weighted by molar-refractivity contribution is 4.94. The van der Waals surface area contributed by atoms with Crippen LogP contribution in [0.4, 0.5) is 0 Å². The Balaban J connectivity index is 2.05. The Morgan fingerprint density at radius 3 is 2.33 bits per heavy atom. The lowest BCUT2D eigenvalue weighted by molar-refractivity contribution is 0.0778. The molecule has 3 aliphatic rings. The summed E-state index contributed by atoms with van der Waals surface area (Å²) >= 11 is 0. The molecule has 1 heteroatoms. The Labute approximate surface area is 74.8 Å². The summed E-state index contributed by atoms with van der Waals surface area (Å²) in [5.41, 5.74) is 0. The summed E-state index contributed by atoms with van der Waals surface area (Å²) in [6.07, 6.45) is 7.04. The van der Waals surface area contributed by atoms with E-state index in [1.807, 2.05) is 0 Å². The standard InChI is InChI=1S/C11H17N/c1-8(7-12)11-6-9-2-4-10(11)5-3-9/h8-11H,2-6H2,1H3. The number of hydrogen-bond acceptors (Lipinski definition) is 1. The van der Waals surface area contributed by atoms with Gasteiger partial charge in [-0.1, -0.05) is 12.8 Å². The van der Waals surface area contributed by atoms with Crippen LogP contribution in [0, 0.1) is 35.0 Å². The third-order valence-corrected chi connectivity index (χ3v) is 3.95. The molecule has 3 rings (SSSR count). The van der Waals surface area contributed by atoms with Gasteiger partial charge in [-0.3, -0.25) is 0 Å². The van der Waals surface area contributed by atoms with Gasteiger partial charge >= 0.3 is 0 Å². The summed E-state index contributed by atoms with van der Waals surface area (Å²) in [5, 5.41) is 8.87. The van der Waals surface area contributed by atoms with Crippen molar-refractivity contribution in [2.24, 2.45) is 23.7 Å². The number of rotatable bonds is 1. The summed E-state index contributed by atoms with van der Waals surface area (Å²) < 4.78 is 0. The van der Waals surface area contributed by atoms with Gasteiger partial charge in [0.25, 0.3) is 0 Å². The van der Waals surface area contributed by atoms with Gasteiger partial charge in [0.2, 0.25) is 0 Å². The van der Waals surface area contributed by atoms with Crippen LogP contribution in [0.1, 0.15) is 39.0 Å². The highest BCUT2D eigenvalue weighted by Gasteiger charge is 2.37. The van der Waals surface area contributed by atoms with E-state index >= 15 is 0 Å². The number of hydrogen-bond donors (Lipinski definition) is 0. The van der Waals surface area contributed by atoms with Crippen LogP contribution in [0.3, 0.4) is 0 Å². The molecule has 2 bridgehead atoms. The minimum absolute atomic E-state index is 0.304. The van der Waals surface area contributed by atoms with Crippen LogP contribution >= 0.6 is 0 Å². The van der Waals surface area contributed by atoms with Crippen LogP contribution in [0.15, 0.2) is 0 Å². The smallest absolute Gasteiger partial charge is 0.0655 e. The largest absolute Gasteiger partial charge is 0.198 e. The van der Waals surface area contributed by atoms with E-state index in [0.717, 1.165) is 17.8 Å². The molecule has 3 saturated carbocycles. The Morgan fingerprint density at radius 2 is 1.92 bits per heavy atom. The van der Waals surface area contributed by atoms with Crippen molar-refractivity contribution < 1.29 is 0 Å². The lowest BCUT2D eigenvalue weighted by Crippen LogP contribution is -2.34. The van der Waals surface area contributed by atoms with E-state index in [1.165, 1.54) is 32.1 Å². The predicted molar refractivity (Wildman–Crippen MR) is 48.3 cm³/mol. The fourth-order valence-corrected chi connectivity index (χ4v) is 3.14. The van der Waals surface area contributed by atoms with Crippen LogP contribution in [0.25, 0.3) is 0 Å². The molecule has 0 amide bonds. The first-order valence-corrected chi connectivity index (χ1v) is 5.21. The number of nitrogens with zero attached hydrogens (tertiary/aromatic N) is 1. The fraction of sp³-hybridized carbons (Fsp3) is 0.909. The van der Waals surface area contributed by atoms with Crippen molar-refractivity contribution in [3.63, 3.8) is 0 Å². The van der Waals surface area contributed by atoms with Gasteiger partial charge in [-0.2, -0.15) is 5.26 Å². The molecular formula is C11H17N. The molecular weight excluding hydrogens is 146 g/mol. The molecule has 0 saturated heterocycles. The maximum Gasteiger partial charge on any atom is 0.0655 e. The zero-order chi connectivity index (χ0) is 8.55. The van der Waals surface area contributed by atoms with Gasteiger partial charge in [-0.05, 0) is 43.9 Å². The Hall–Kier alpha value is -0.510. The molecule has 12 heavy (non-hydrogen) atoms. The molecule has 3 aliphatic carbocycles. The molecule has 1 nitrogen and oxygen atoms in total. The van der Waals surface area contributed by atoms with Gasteiger partial charge in [0.15, 0.2) is 0 Å². The van der Waals surface area contributed by atoms with E-state index in [9.17, 15) is 0 Å². The van der Waals surface area contributed by atoms with Gasteiger partial charge in [0, 0.05) is 5.92 Å². The SMILES string of the molecule is CC(C#N)C1CC2CCC1CC2. The van der Waals surface area contributed by atoms with Crippen LogP contribution in [-0.2, 0) is 0 Å². The lowest BCUT2D eigenvalue weighted by Gasteiger charge is -2.43. The normalized spacial score (nSPS) is 42.2. The maximum absolute atomic E-state index is 8.87. The van der Waals surface area contributed by atoms with Crippen LogP contribution in [-0.4, -0.2) is 0 Å². The van der Waals surface area contributed by atoms with Gasteiger partial charge in [0.05, 0.1) is 6.07 Å².